The Morgan fingerprint density at radius 3 is 2.75 bits per heavy atom. The molecule has 6 nitrogen and oxygen atoms in total. The average molecular weight is 325 g/mol. The van der Waals surface area contributed by atoms with Crippen LogP contribution in [0.1, 0.15) is 32.1 Å². The molecular formula is C18H23N5O. The second kappa shape index (κ2) is 6.86. The Kier molecular flexibility index (Phi) is 4.64. The van der Waals surface area contributed by atoms with E-state index in [1.54, 1.807) is 4.68 Å². The van der Waals surface area contributed by atoms with Gasteiger partial charge in [-0.2, -0.15) is 5.10 Å². The maximum Gasteiger partial charge on any atom is 0.240 e. The van der Waals surface area contributed by atoms with Crippen molar-refractivity contribution in [2.24, 2.45) is 13.0 Å². The molecule has 3 rings (SSSR count). The summed E-state index contributed by atoms with van der Waals surface area (Å²) in [7, 11) is 1.85. The first kappa shape index (κ1) is 16.2. The number of carbonyl (C=O) groups is 1. The summed E-state index contributed by atoms with van der Waals surface area (Å²) in [6, 6.07) is 9.95. The van der Waals surface area contributed by atoms with Crippen molar-refractivity contribution < 1.29 is 4.79 Å². The van der Waals surface area contributed by atoms with Crippen LogP contribution in [0.3, 0.4) is 0 Å². The molecule has 0 aliphatic carbocycles. The van der Waals surface area contributed by atoms with E-state index in [0.29, 0.717) is 12.5 Å². The van der Waals surface area contributed by atoms with Crippen molar-refractivity contribution >= 4 is 16.8 Å². The molecule has 0 saturated carbocycles. The number of hydrogen-bond acceptors (Lipinski definition) is 3. The Bertz CT molecular complexity index is 833. The molecule has 3 aromatic rings. The topological polar surface area (TPSA) is 64.7 Å². The monoisotopic (exact) mass is 325 g/mol. The Morgan fingerprint density at radius 2 is 2.04 bits per heavy atom. The lowest BCUT2D eigenvalue weighted by Crippen LogP contribution is -2.33. The summed E-state index contributed by atoms with van der Waals surface area (Å²) in [6.45, 7) is 4.56. The average Bonchev–Trinajstić information content (AvgIpc) is 3.13. The minimum absolute atomic E-state index is 0.0231. The molecule has 1 aromatic carbocycles. The quantitative estimate of drug-likeness (QED) is 0.758. The van der Waals surface area contributed by atoms with Gasteiger partial charge in [-0.05, 0) is 29.9 Å². The van der Waals surface area contributed by atoms with Gasteiger partial charge < -0.3 is 9.88 Å². The highest BCUT2D eigenvalue weighted by molar-refractivity contribution is 5.83. The highest BCUT2D eigenvalue weighted by Gasteiger charge is 2.20. The van der Waals surface area contributed by atoms with Gasteiger partial charge in [-0.3, -0.25) is 9.48 Å². The van der Waals surface area contributed by atoms with Crippen molar-refractivity contribution in [2.75, 3.05) is 0 Å². The molecule has 1 amide bonds. The second-order valence-electron chi connectivity index (χ2n) is 6.49. The van der Waals surface area contributed by atoms with Crippen molar-refractivity contribution in [1.82, 2.24) is 24.6 Å². The maximum absolute atomic E-state index is 12.6. The molecule has 0 unspecified atom stereocenters. The van der Waals surface area contributed by atoms with E-state index < -0.39 is 0 Å². The van der Waals surface area contributed by atoms with Crippen LogP contribution >= 0.6 is 0 Å². The molecule has 1 N–H and O–H groups in total. The zero-order chi connectivity index (χ0) is 17.1. The third kappa shape index (κ3) is 3.48. The summed E-state index contributed by atoms with van der Waals surface area (Å²) in [4.78, 5) is 16.9. The zero-order valence-electron chi connectivity index (χ0n) is 14.3. The van der Waals surface area contributed by atoms with Gasteiger partial charge in [0.05, 0.1) is 6.04 Å². The molecule has 2 aromatic heterocycles. The summed E-state index contributed by atoms with van der Waals surface area (Å²) < 4.78 is 3.69. The van der Waals surface area contributed by atoms with E-state index in [4.69, 9.17) is 0 Å². The van der Waals surface area contributed by atoms with E-state index >= 15 is 0 Å². The van der Waals surface area contributed by atoms with Gasteiger partial charge in [0.1, 0.15) is 18.7 Å². The SMILES string of the molecule is CC(C)C[C@H](NC(=O)Cn1ccc2ccccc21)c1ncnn1C. The summed E-state index contributed by atoms with van der Waals surface area (Å²) in [5.41, 5.74) is 1.06. The summed E-state index contributed by atoms with van der Waals surface area (Å²) in [5.74, 6) is 1.21. The van der Waals surface area contributed by atoms with Crippen molar-refractivity contribution in [3.05, 3.63) is 48.7 Å². The number of nitrogens with zero attached hydrogens (tertiary/aromatic N) is 4. The fourth-order valence-electron chi connectivity index (χ4n) is 2.99. The number of hydrogen-bond donors (Lipinski definition) is 1. The largest absolute Gasteiger partial charge is 0.345 e. The van der Waals surface area contributed by atoms with Gasteiger partial charge in [0, 0.05) is 18.8 Å². The highest BCUT2D eigenvalue weighted by Crippen LogP contribution is 2.19. The first-order valence-corrected chi connectivity index (χ1v) is 8.21. The standard InChI is InChI=1S/C18H23N5O/c1-13(2)10-15(18-19-12-20-22(18)3)21-17(24)11-23-9-8-14-6-4-5-7-16(14)23/h4-9,12-13,15H,10-11H2,1-3H3,(H,21,24)/t15-/m0/s1. The van der Waals surface area contributed by atoms with Gasteiger partial charge in [0.25, 0.3) is 0 Å². The first-order valence-electron chi connectivity index (χ1n) is 8.21. The molecule has 0 spiro atoms. The molecule has 1 atom stereocenters. The molecule has 0 fully saturated rings. The number of amides is 1. The third-order valence-electron chi connectivity index (χ3n) is 4.09. The molecule has 0 aliphatic heterocycles. The molecule has 24 heavy (non-hydrogen) atoms. The van der Waals surface area contributed by atoms with E-state index in [-0.39, 0.29) is 11.9 Å². The number of carbonyl (C=O) groups excluding carboxylic acids is 1. The lowest BCUT2D eigenvalue weighted by Gasteiger charge is -2.20. The minimum Gasteiger partial charge on any atom is -0.345 e. The van der Waals surface area contributed by atoms with E-state index in [0.717, 1.165) is 23.1 Å². The third-order valence-corrected chi connectivity index (χ3v) is 4.09. The highest BCUT2D eigenvalue weighted by atomic mass is 16.2. The van der Waals surface area contributed by atoms with Crippen molar-refractivity contribution in [1.29, 1.82) is 0 Å². The smallest absolute Gasteiger partial charge is 0.240 e. The van der Waals surface area contributed by atoms with Crippen molar-refractivity contribution in [3.8, 4) is 0 Å². The first-order chi connectivity index (χ1) is 11.5. The molecule has 0 aliphatic rings. The minimum atomic E-state index is -0.133. The summed E-state index contributed by atoms with van der Waals surface area (Å²) in [5, 5.41) is 8.37. The molecular weight excluding hydrogens is 302 g/mol. The zero-order valence-corrected chi connectivity index (χ0v) is 14.3. The molecule has 0 bridgehead atoms. The Morgan fingerprint density at radius 1 is 1.25 bits per heavy atom. The summed E-state index contributed by atoms with van der Waals surface area (Å²) in [6.07, 6.45) is 4.29. The number of aryl methyl sites for hydroxylation is 1. The molecule has 2 heterocycles. The normalized spacial score (nSPS) is 12.7. The number of nitrogens with one attached hydrogen (secondary N) is 1. The second-order valence-corrected chi connectivity index (χ2v) is 6.49. The Labute approximate surface area is 141 Å². The van der Waals surface area contributed by atoms with Crippen LogP contribution in [0.5, 0.6) is 0 Å². The number of aromatic nitrogens is 4. The fourth-order valence-corrected chi connectivity index (χ4v) is 2.99. The van der Waals surface area contributed by atoms with Crippen molar-refractivity contribution in [2.45, 2.75) is 32.9 Å². The molecule has 126 valence electrons. The Hall–Kier alpha value is -2.63. The molecule has 0 saturated heterocycles. The molecule has 0 radical (unpaired) electrons. The molecule has 6 heteroatoms. The van der Waals surface area contributed by atoms with Gasteiger partial charge in [-0.25, -0.2) is 4.98 Å². The predicted molar refractivity (Wildman–Crippen MR) is 93.3 cm³/mol. The predicted octanol–water partition coefficient (Wildman–Crippen LogP) is 2.67. The number of rotatable bonds is 6. The van der Waals surface area contributed by atoms with Crippen LogP contribution in [0, 0.1) is 5.92 Å². The number of benzene rings is 1. The van der Waals surface area contributed by atoms with Crippen molar-refractivity contribution in [3.63, 3.8) is 0 Å². The van der Waals surface area contributed by atoms with Gasteiger partial charge in [-0.15, -0.1) is 0 Å². The van der Waals surface area contributed by atoms with Gasteiger partial charge in [0.15, 0.2) is 0 Å². The van der Waals surface area contributed by atoms with Crippen LogP contribution in [-0.2, 0) is 18.4 Å². The van der Waals surface area contributed by atoms with Crippen LogP contribution < -0.4 is 5.32 Å². The lowest BCUT2D eigenvalue weighted by atomic mass is 10.0. The lowest BCUT2D eigenvalue weighted by molar-refractivity contribution is -0.122. The van der Waals surface area contributed by atoms with E-state index in [2.05, 4.69) is 29.2 Å². The van der Waals surface area contributed by atoms with Gasteiger partial charge >= 0.3 is 0 Å². The van der Waals surface area contributed by atoms with Crippen LogP contribution in [0.15, 0.2) is 42.9 Å². The fraction of sp³-hybridized carbons (Fsp3) is 0.389. The maximum atomic E-state index is 12.6. The summed E-state index contributed by atoms with van der Waals surface area (Å²) >= 11 is 0. The number of fused-ring (bicyclic) bond motifs is 1. The Balaban J connectivity index is 1.75. The number of para-hydroxylation sites is 1. The van der Waals surface area contributed by atoms with E-state index in [1.165, 1.54) is 6.33 Å². The van der Waals surface area contributed by atoms with Gasteiger partial charge in [-0.1, -0.05) is 32.0 Å². The van der Waals surface area contributed by atoms with Crippen LogP contribution in [0.4, 0.5) is 0 Å². The van der Waals surface area contributed by atoms with Crippen LogP contribution in [-0.4, -0.2) is 25.2 Å². The van der Waals surface area contributed by atoms with E-state index in [1.807, 2.05) is 48.1 Å². The van der Waals surface area contributed by atoms with Crippen LogP contribution in [0.2, 0.25) is 0 Å². The van der Waals surface area contributed by atoms with Crippen LogP contribution in [0.25, 0.3) is 10.9 Å². The van der Waals surface area contributed by atoms with Gasteiger partial charge in [0.2, 0.25) is 5.91 Å². The van der Waals surface area contributed by atoms with E-state index in [9.17, 15) is 4.79 Å².